The summed E-state index contributed by atoms with van der Waals surface area (Å²) in [6, 6.07) is 1.76. The maximum atomic E-state index is 12.1. The van der Waals surface area contributed by atoms with Crippen molar-refractivity contribution in [3.63, 3.8) is 0 Å². The fraction of sp³-hybridized carbons (Fsp3) is 0.500. The van der Waals surface area contributed by atoms with E-state index in [1.54, 1.807) is 16.3 Å². The smallest absolute Gasteiger partial charge is 0.305 e. The topological polar surface area (TPSA) is 57.6 Å². The van der Waals surface area contributed by atoms with Crippen molar-refractivity contribution in [1.29, 1.82) is 0 Å². The molecule has 0 aliphatic rings. The van der Waals surface area contributed by atoms with Crippen LogP contribution in [0.5, 0.6) is 0 Å². The van der Waals surface area contributed by atoms with Crippen LogP contribution >= 0.6 is 11.3 Å². The van der Waals surface area contributed by atoms with Gasteiger partial charge in [-0.15, -0.1) is 0 Å². The van der Waals surface area contributed by atoms with Crippen LogP contribution in [0.3, 0.4) is 0 Å². The second-order valence-electron chi connectivity index (χ2n) is 4.30. The first-order chi connectivity index (χ1) is 8.00. The second-order valence-corrected chi connectivity index (χ2v) is 5.08. The molecule has 0 bridgehead atoms. The molecule has 17 heavy (non-hydrogen) atoms. The van der Waals surface area contributed by atoms with Crippen LogP contribution in [0.15, 0.2) is 16.8 Å². The van der Waals surface area contributed by atoms with E-state index in [4.69, 9.17) is 5.11 Å². The molecular formula is C12H17NO3S. The van der Waals surface area contributed by atoms with Gasteiger partial charge in [-0.05, 0) is 17.4 Å². The molecule has 0 saturated carbocycles. The molecule has 1 heterocycles. The SMILES string of the molecule is CC(C)CN(CCC(=O)O)C(=O)c1ccsc1. The molecule has 1 amide bonds. The van der Waals surface area contributed by atoms with Gasteiger partial charge in [-0.2, -0.15) is 11.3 Å². The van der Waals surface area contributed by atoms with Gasteiger partial charge in [-0.1, -0.05) is 13.8 Å². The third-order valence-corrected chi connectivity index (χ3v) is 2.92. The third-order valence-electron chi connectivity index (χ3n) is 2.24. The van der Waals surface area contributed by atoms with Crippen LogP contribution in [0, 0.1) is 5.92 Å². The first-order valence-electron chi connectivity index (χ1n) is 5.54. The van der Waals surface area contributed by atoms with Gasteiger partial charge >= 0.3 is 5.97 Å². The Kier molecular flexibility index (Phi) is 5.15. The lowest BCUT2D eigenvalue weighted by molar-refractivity contribution is -0.137. The van der Waals surface area contributed by atoms with Crippen LogP contribution in [0.1, 0.15) is 30.6 Å². The Hall–Kier alpha value is -1.36. The Morgan fingerprint density at radius 1 is 1.47 bits per heavy atom. The number of rotatable bonds is 6. The van der Waals surface area contributed by atoms with Gasteiger partial charge in [-0.25, -0.2) is 0 Å². The summed E-state index contributed by atoms with van der Waals surface area (Å²) in [5.41, 5.74) is 0.640. The zero-order valence-corrected chi connectivity index (χ0v) is 10.9. The fourth-order valence-corrected chi connectivity index (χ4v) is 2.15. The predicted molar refractivity (Wildman–Crippen MR) is 67.3 cm³/mol. The molecule has 0 radical (unpaired) electrons. The Balaban J connectivity index is 2.68. The van der Waals surface area contributed by atoms with Crippen LogP contribution in [0.4, 0.5) is 0 Å². The Morgan fingerprint density at radius 2 is 2.18 bits per heavy atom. The van der Waals surface area contributed by atoms with Crippen molar-refractivity contribution in [2.45, 2.75) is 20.3 Å². The zero-order valence-electron chi connectivity index (χ0n) is 10.0. The van der Waals surface area contributed by atoms with Gasteiger partial charge in [0.2, 0.25) is 0 Å². The van der Waals surface area contributed by atoms with Crippen LogP contribution in [0.2, 0.25) is 0 Å². The highest BCUT2D eigenvalue weighted by atomic mass is 32.1. The molecule has 1 aromatic heterocycles. The fourth-order valence-electron chi connectivity index (χ4n) is 1.52. The summed E-state index contributed by atoms with van der Waals surface area (Å²) in [5.74, 6) is -0.635. The van der Waals surface area contributed by atoms with Crippen LogP contribution in [-0.4, -0.2) is 35.0 Å². The van der Waals surface area contributed by atoms with Crippen LogP contribution in [0.25, 0.3) is 0 Å². The largest absolute Gasteiger partial charge is 0.481 e. The van der Waals surface area contributed by atoms with Gasteiger partial charge in [0.25, 0.3) is 5.91 Å². The van der Waals surface area contributed by atoms with Crippen LogP contribution in [-0.2, 0) is 4.79 Å². The lowest BCUT2D eigenvalue weighted by Gasteiger charge is -2.23. The number of hydrogen-bond donors (Lipinski definition) is 1. The van der Waals surface area contributed by atoms with E-state index in [0.29, 0.717) is 18.0 Å². The number of carbonyl (C=O) groups excluding carboxylic acids is 1. The average Bonchev–Trinajstić information content (AvgIpc) is 2.75. The highest BCUT2D eigenvalue weighted by Gasteiger charge is 2.17. The number of thiophene rings is 1. The van der Waals surface area contributed by atoms with Crippen molar-refractivity contribution in [2.24, 2.45) is 5.92 Å². The maximum absolute atomic E-state index is 12.1. The van der Waals surface area contributed by atoms with E-state index in [2.05, 4.69) is 0 Å². The summed E-state index contributed by atoms with van der Waals surface area (Å²) in [5, 5.41) is 12.3. The average molecular weight is 255 g/mol. The summed E-state index contributed by atoms with van der Waals surface area (Å²) in [6.45, 7) is 4.87. The first-order valence-corrected chi connectivity index (χ1v) is 6.48. The van der Waals surface area contributed by atoms with Crippen molar-refractivity contribution in [2.75, 3.05) is 13.1 Å². The van der Waals surface area contributed by atoms with E-state index in [1.165, 1.54) is 11.3 Å². The molecule has 0 spiro atoms. The number of amides is 1. The number of carboxylic acid groups (broad SMARTS) is 1. The van der Waals surface area contributed by atoms with Gasteiger partial charge in [0.1, 0.15) is 0 Å². The third kappa shape index (κ3) is 4.56. The number of carboxylic acids is 1. The second kappa shape index (κ2) is 6.39. The van der Waals surface area contributed by atoms with Crippen molar-refractivity contribution >= 4 is 23.2 Å². The molecule has 0 atom stereocenters. The molecule has 1 rings (SSSR count). The quantitative estimate of drug-likeness (QED) is 0.848. The first kappa shape index (κ1) is 13.7. The zero-order chi connectivity index (χ0) is 12.8. The molecule has 1 N–H and O–H groups in total. The van der Waals surface area contributed by atoms with Gasteiger partial charge in [0, 0.05) is 18.5 Å². The molecular weight excluding hydrogens is 238 g/mol. The van der Waals surface area contributed by atoms with Crippen LogP contribution < -0.4 is 0 Å². The monoisotopic (exact) mass is 255 g/mol. The Labute approximate surface area is 105 Å². The summed E-state index contributed by atoms with van der Waals surface area (Å²) < 4.78 is 0. The molecule has 5 heteroatoms. The predicted octanol–water partition coefficient (Wildman–Crippen LogP) is 2.32. The minimum Gasteiger partial charge on any atom is -0.481 e. The highest BCUT2D eigenvalue weighted by molar-refractivity contribution is 7.08. The van der Waals surface area contributed by atoms with Crippen molar-refractivity contribution in [3.05, 3.63) is 22.4 Å². The normalized spacial score (nSPS) is 10.5. The molecule has 1 aromatic rings. The Morgan fingerprint density at radius 3 is 2.65 bits per heavy atom. The molecule has 0 saturated heterocycles. The molecule has 94 valence electrons. The highest BCUT2D eigenvalue weighted by Crippen LogP contribution is 2.11. The minimum atomic E-state index is -0.878. The van der Waals surface area contributed by atoms with Gasteiger partial charge in [0.15, 0.2) is 0 Å². The summed E-state index contributed by atoms with van der Waals surface area (Å²) in [6.07, 6.45) is -0.0113. The minimum absolute atomic E-state index is 0.0113. The van der Waals surface area contributed by atoms with E-state index in [0.717, 1.165) is 0 Å². The van der Waals surface area contributed by atoms with Crippen molar-refractivity contribution in [3.8, 4) is 0 Å². The van der Waals surface area contributed by atoms with Gasteiger partial charge in [-0.3, -0.25) is 9.59 Å². The molecule has 0 aliphatic carbocycles. The number of aliphatic carboxylic acids is 1. The van der Waals surface area contributed by atoms with E-state index in [1.807, 2.05) is 19.2 Å². The molecule has 0 unspecified atom stereocenters. The molecule has 4 nitrogen and oxygen atoms in total. The van der Waals surface area contributed by atoms with Crippen molar-refractivity contribution < 1.29 is 14.7 Å². The molecule has 0 aliphatic heterocycles. The number of nitrogens with zero attached hydrogens (tertiary/aromatic N) is 1. The maximum Gasteiger partial charge on any atom is 0.305 e. The standard InChI is InChI=1S/C12H17NO3S/c1-9(2)7-13(5-3-11(14)15)12(16)10-4-6-17-8-10/h4,6,8-9H,3,5,7H2,1-2H3,(H,14,15). The summed E-state index contributed by atoms with van der Waals surface area (Å²) >= 11 is 1.46. The van der Waals surface area contributed by atoms with E-state index < -0.39 is 5.97 Å². The van der Waals surface area contributed by atoms with Crippen molar-refractivity contribution in [1.82, 2.24) is 4.90 Å². The van der Waals surface area contributed by atoms with E-state index >= 15 is 0 Å². The molecule has 0 aromatic carbocycles. The number of hydrogen-bond acceptors (Lipinski definition) is 3. The van der Waals surface area contributed by atoms with Gasteiger partial charge < -0.3 is 10.0 Å². The summed E-state index contributed by atoms with van der Waals surface area (Å²) in [4.78, 5) is 24.3. The van der Waals surface area contributed by atoms with E-state index in [-0.39, 0.29) is 18.9 Å². The Bertz CT molecular complexity index is 373. The lowest BCUT2D eigenvalue weighted by Crippen LogP contribution is -2.35. The van der Waals surface area contributed by atoms with E-state index in [9.17, 15) is 9.59 Å². The van der Waals surface area contributed by atoms with Gasteiger partial charge in [0.05, 0.1) is 12.0 Å². The lowest BCUT2D eigenvalue weighted by atomic mass is 10.2. The number of carbonyl (C=O) groups is 2. The molecule has 0 fully saturated rings. The summed E-state index contributed by atoms with van der Waals surface area (Å²) in [7, 11) is 0.